The third kappa shape index (κ3) is 2.96. The Morgan fingerprint density at radius 2 is 2.17 bits per heavy atom. The number of nitrogens with zero attached hydrogens (tertiary/aromatic N) is 1. The highest BCUT2D eigenvalue weighted by Gasteiger charge is 2.16. The zero-order chi connectivity index (χ0) is 13.1. The smallest absolute Gasteiger partial charge is 0.0428 e. The number of benzene rings is 1. The zero-order valence-electron chi connectivity index (χ0n) is 11.3. The van der Waals surface area contributed by atoms with Crippen molar-refractivity contribution in [3.8, 4) is 0 Å². The van der Waals surface area contributed by atoms with E-state index in [1.807, 2.05) is 7.05 Å². The van der Waals surface area contributed by atoms with Gasteiger partial charge in [-0.2, -0.15) is 0 Å². The lowest BCUT2D eigenvalue weighted by molar-refractivity contribution is 0.646. The summed E-state index contributed by atoms with van der Waals surface area (Å²) in [6, 6.07) is 6.95. The second kappa shape index (κ2) is 5.89. The van der Waals surface area contributed by atoms with Crippen molar-refractivity contribution in [1.29, 1.82) is 0 Å². The number of halogens is 1. The molecule has 0 amide bonds. The Labute approximate surface area is 118 Å². The number of hydrogen-bond acceptors (Lipinski definition) is 2. The maximum absolute atomic E-state index is 3.58. The summed E-state index contributed by atoms with van der Waals surface area (Å²) in [5.41, 5.74) is 4.22. The van der Waals surface area contributed by atoms with Gasteiger partial charge in [0.05, 0.1) is 0 Å². The van der Waals surface area contributed by atoms with Crippen molar-refractivity contribution in [2.75, 3.05) is 25.0 Å². The largest absolute Gasteiger partial charge is 0.367 e. The number of hydrogen-bond donors (Lipinski definition) is 1. The molecule has 0 spiro atoms. The molecule has 1 aliphatic rings. The lowest BCUT2D eigenvalue weighted by atomic mass is 10.0. The van der Waals surface area contributed by atoms with E-state index in [4.69, 9.17) is 0 Å². The van der Waals surface area contributed by atoms with E-state index < -0.39 is 0 Å². The van der Waals surface area contributed by atoms with Gasteiger partial charge in [-0.1, -0.05) is 33.6 Å². The number of anilines is 1. The molecular weight excluding hydrogens is 288 g/mol. The van der Waals surface area contributed by atoms with Gasteiger partial charge in [-0.3, -0.25) is 0 Å². The molecule has 0 aliphatic carbocycles. The summed E-state index contributed by atoms with van der Waals surface area (Å²) in [5, 5.41) is 3.33. The number of rotatable bonds is 3. The molecule has 0 saturated heterocycles. The summed E-state index contributed by atoms with van der Waals surface area (Å²) in [7, 11) is 2.01. The summed E-state index contributed by atoms with van der Waals surface area (Å²) in [6.07, 6.45) is 3.50. The van der Waals surface area contributed by atoms with Gasteiger partial charge >= 0.3 is 0 Å². The number of nitrogens with one attached hydrogen (secondary N) is 1. The molecule has 1 aliphatic heterocycles. The highest BCUT2D eigenvalue weighted by Crippen LogP contribution is 2.31. The van der Waals surface area contributed by atoms with Gasteiger partial charge in [0.15, 0.2) is 0 Å². The van der Waals surface area contributed by atoms with Gasteiger partial charge in [0.2, 0.25) is 0 Å². The highest BCUT2D eigenvalue weighted by atomic mass is 79.9. The summed E-state index contributed by atoms with van der Waals surface area (Å²) in [4.78, 5) is 2.46. The molecule has 3 heteroatoms. The van der Waals surface area contributed by atoms with Gasteiger partial charge in [0.25, 0.3) is 0 Å². The van der Waals surface area contributed by atoms with Crippen molar-refractivity contribution < 1.29 is 0 Å². The van der Waals surface area contributed by atoms with Crippen molar-refractivity contribution in [3.63, 3.8) is 0 Å². The van der Waals surface area contributed by atoms with Crippen LogP contribution in [0.4, 0.5) is 5.69 Å². The molecule has 0 aromatic heterocycles. The van der Waals surface area contributed by atoms with Crippen LogP contribution in [0.2, 0.25) is 0 Å². The first kappa shape index (κ1) is 13.6. The fraction of sp³-hybridized carbons (Fsp3) is 0.467. The van der Waals surface area contributed by atoms with Crippen LogP contribution in [0.25, 0.3) is 0 Å². The van der Waals surface area contributed by atoms with E-state index in [0.717, 1.165) is 17.6 Å². The molecule has 18 heavy (non-hydrogen) atoms. The monoisotopic (exact) mass is 308 g/mol. The van der Waals surface area contributed by atoms with Gasteiger partial charge in [0, 0.05) is 29.3 Å². The fourth-order valence-electron chi connectivity index (χ4n) is 2.30. The lowest BCUT2D eigenvalue weighted by Crippen LogP contribution is -2.30. The molecule has 1 atom stereocenters. The zero-order valence-corrected chi connectivity index (χ0v) is 12.9. The predicted molar refractivity (Wildman–Crippen MR) is 82.2 cm³/mol. The van der Waals surface area contributed by atoms with Crippen molar-refractivity contribution >= 4 is 21.6 Å². The van der Waals surface area contributed by atoms with E-state index >= 15 is 0 Å². The Kier molecular flexibility index (Phi) is 4.46. The minimum absolute atomic E-state index is 0.375. The molecule has 98 valence electrons. The quantitative estimate of drug-likeness (QED) is 0.852. The molecule has 1 unspecified atom stereocenters. The summed E-state index contributed by atoms with van der Waals surface area (Å²) in [6.45, 7) is 6.56. The molecule has 0 bridgehead atoms. The van der Waals surface area contributed by atoms with E-state index in [0.29, 0.717) is 6.04 Å². The first-order valence-corrected chi connectivity index (χ1v) is 7.28. The van der Waals surface area contributed by atoms with Crippen molar-refractivity contribution in [2.45, 2.75) is 26.3 Å². The van der Waals surface area contributed by atoms with E-state index in [2.05, 4.69) is 64.3 Å². The van der Waals surface area contributed by atoms with Gasteiger partial charge in [-0.25, -0.2) is 0 Å². The molecule has 1 heterocycles. The van der Waals surface area contributed by atoms with Crippen LogP contribution in [-0.2, 0) is 0 Å². The van der Waals surface area contributed by atoms with Crippen molar-refractivity contribution in [1.82, 2.24) is 5.32 Å². The van der Waals surface area contributed by atoms with E-state index in [1.54, 1.807) is 0 Å². The Morgan fingerprint density at radius 3 is 2.78 bits per heavy atom. The van der Waals surface area contributed by atoms with Gasteiger partial charge < -0.3 is 10.2 Å². The molecule has 0 saturated carbocycles. The SMILES string of the molecule is CNC(C)c1ccc(Br)cc1N1CC=C(C)CC1. The molecule has 0 fully saturated rings. The van der Waals surface area contributed by atoms with E-state index in [-0.39, 0.29) is 0 Å². The topological polar surface area (TPSA) is 15.3 Å². The first-order chi connectivity index (χ1) is 8.61. The molecule has 0 radical (unpaired) electrons. The van der Waals surface area contributed by atoms with Crippen LogP contribution in [0, 0.1) is 0 Å². The maximum atomic E-state index is 3.58. The van der Waals surface area contributed by atoms with Crippen molar-refractivity contribution in [2.24, 2.45) is 0 Å². The fourth-order valence-corrected chi connectivity index (χ4v) is 2.65. The summed E-state index contributed by atoms with van der Waals surface area (Å²) < 4.78 is 1.15. The lowest BCUT2D eigenvalue weighted by Gasteiger charge is -2.31. The van der Waals surface area contributed by atoms with E-state index in [9.17, 15) is 0 Å². The Balaban J connectivity index is 2.33. The van der Waals surface area contributed by atoms with E-state index in [1.165, 1.54) is 23.2 Å². The Bertz CT molecular complexity index is 454. The minimum atomic E-state index is 0.375. The average molecular weight is 309 g/mol. The molecule has 1 aromatic carbocycles. The normalized spacial score (nSPS) is 17.6. The second-order valence-corrected chi connectivity index (χ2v) is 5.88. The standard InChI is InChI=1S/C15H21BrN2/c1-11-6-8-18(9-7-11)15-10-13(16)4-5-14(15)12(2)17-3/h4-6,10,12,17H,7-9H2,1-3H3. The predicted octanol–water partition coefficient (Wildman–Crippen LogP) is 3.89. The molecule has 2 rings (SSSR count). The highest BCUT2D eigenvalue weighted by molar-refractivity contribution is 9.10. The Morgan fingerprint density at radius 1 is 1.39 bits per heavy atom. The maximum Gasteiger partial charge on any atom is 0.0428 e. The first-order valence-electron chi connectivity index (χ1n) is 6.49. The molecular formula is C15H21BrN2. The minimum Gasteiger partial charge on any atom is -0.367 e. The molecule has 1 N–H and O–H groups in total. The van der Waals surface area contributed by atoms with Crippen molar-refractivity contribution in [3.05, 3.63) is 39.9 Å². The third-order valence-electron chi connectivity index (χ3n) is 3.67. The van der Waals surface area contributed by atoms with Gasteiger partial charge in [-0.05, 0) is 45.0 Å². The summed E-state index contributed by atoms with van der Waals surface area (Å²) >= 11 is 3.58. The van der Waals surface area contributed by atoms with Crippen LogP contribution in [0.15, 0.2) is 34.3 Å². The van der Waals surface area contributed by atoms with Crippen LogP contribution >= 0.6 is 15.9 Å². The van der Waals surface area contributed by atoms with Crippen LogP contribution in [0.5, 0.6) is 0 Å². The summed E-state index contributed by atoms with van der Waals surface area (Å²) in [5.74, 6) is 0. The van der Waals surface area contributed by atoms with Crippen LogP contribution in [0.3, 0.4) is 0 Å². The molecule has 1 aromatic rings. The molecule has 2 nitrogen and oxygen atoms in total. The average Bonchev–Trinajstić information content (AvgIpc) is 2.38. The van der Waals surface area contributed by atoms with Gasteiger partial charge in [0.1, 0.15) is 0 Å². The second-order valence-electron chi connectivity index (χ2n) is 4.96. The third-order valence-corrected chi connectivity index (χ3v) is 4.16. The van der Waals surface area contributed by atoms with Crippen LogP contribution in [0.1, 0.15) is 31.9 Å². The van der Waals surface area contributed by atoms with Crippen LogP contribution in [-0.4, -0.2) is 20.1 Å². The van der Waals surface area contributed by atoms with Gasteiger partial charge in [-0.15, -0.1) is 0 Å². The Hall–Kier alpha value is -0.800. The van der Waals surface area contributed by atoms with Crippen LogP contribution < -0.4 is 10.2 Å².